The Morgan fingerprint density at radius 3 is 1.77 bits per heavy atom. The van der Waals surface area contributed by atoms with E-state index in [1.807, 2.05) is 36.4 Å². The first-order valence-corrected chi connectivity index (χ1v) is 13.1. The quantitative estimate of drug-likeness (QED) is 0.398. The zero-order chi connectivity index (χ0) is 22.4. The van der Waals surface area contributed by atoms with Gasteiger partial charge in [0.05, 0.1) is 18.9 Å². The monoisotopic (exact) mass is 428 g/mol. The van der Waals surface area contributed by atoms with Crippen LogP contribution in [0, 0.1) is 0 Å². The molecular formula is C24H32O5Si. The molecule has 2 aromatic carbocycles. The first-order valence-electron chi connectivity index (χ1n) is 10.2. The number of aliphatic carboxylic acids is 1. The van der Waals surface area contributed by atoms with Gasteiger partial charge in [-0.1, -0.05) is 81.4 Å². The van der Waals surface area contributed by atoms with E-state index in [0.29, 0.717) is 5.56 Å². The third-order valence-corrected chi connectivity index (χ3v) is 10.1. The number of hydrogen-bond donors (Lipinski definition) is 1. The van der Waals surface area contributed by atoms with E-state index >= 15 is 0 Å². The van der Waals surface area contributed by atoms with E-state index in [4.69, 9.17) is 9.16 Å². The normalized spacial score (nSPS) is 14.0. The molecule has 0 bridgehead atoms. The van der Waals surface area contributed by atoms with Gasteiger partial charge in [-0.2, -0.15) is 0 Å². The number of hydrogen-bond acceptors (Lipinski definition) is 4. The lowest BCUT2D eigenvalue weighted by Crippen LogP contribution is -2.42. The van der Waals surface area contributed by atoms with E-state index in [1.165, 1.54) is 0 Å². The topological polar surface area (TPSA) is 72.8 Å². The van der Waals surface area contributed by atoms with Crippen molar-refractivity contribution in [2.45, 2.75) is 64.0 Å². The molecule has 2 aromatic rings. The fraction of sp³-hybridized carbons (Fsp3) is 0.417. The molecule has 162 valence electrons. The van der Waals surface area contributed by atoms with Crippen molar-refractivity contribution in [3.05, 3.63) is 71.8 Å². The van der Waals surface area contributed by atoms with Crippen LogP contribution in [0.5, 0.6) is 0 Å². The molecule has 2 atom stereocenters. The van der Waals surface area contributed by atoms with Gasteiger partial charge in [0, 0.05) is 0 Å². The zero-order valence-electron chi connectivity index (χ0n) is 18.4. The summed E-state index contributed by atoms with van der Waals surface area (Å²) in [5, 5.41) is 9.24. The molecule has 0 aliphatic rings. The molecule has 0 aliphatic heterocycles. The number of ether oxygens (including phenoxy) is 1. The molecule has 0 saturated carbocycles. The van der Waals surface area contributed by atoms with Gasteiger partial charge in [0.1, 0.15) is 6.10 Å². The average molecular weight is 429 g/mol. The van der Waals surface area contributed by atoms with Crippen LogP contribution in [0.4, 0.5) is 0 Å². The Morgan fingerprint density at radius 2 is 1.33 bits per heavy atom. The number of benzene rings is 2. The molecule has 0 saturated heterocycles. The fourth-order valence-electron chi connectivity index (χ4n) is 2.84. The van der Waals surface area contributed by atoms with Crippen molar-refractivity contribution in [2.75, 3.05) is 0 Å². The van der Waals surface area contributed by atoms with E-state index in [0.717, 1.165) is 5.56 Å². The molecule has 5 nitrogen and oxygen atoms in total. The van der Waals surface area contributed by atoms with Crippen LogP contribution < -0.4 is 0 Å². The summed E-state index contributed by atoms with van der Waals surface area (Å²) in [6.07, 6.45) is -1.53. The van der Waals surface area contributed by atoms with E-state index in [1.54, 1.807) is 24.3 Å². The number of rotatable bonds is 9. The summed E-state index contributed by atoms with van der Waals surface area (Å²) < 4.78 is 12.2. The van der Waals surface area contributed by atoms with Gasteiger partial charge in [0.25, 0.3) is 0 Å². The molecule has 0 aromatic heterocycles. The molecule has 0 fully saturated rings. The van der Waals surface area contributed by atoms with E-state index in [-0.39, 0.29) is 17.9 Å². The molecule has 0 heterocycles. The lowest BCUT2D eigenvalue weighted by Gasteiger charge is -2.39. The summed E-state index contributed by atoms with van der Waals surface area (Å²) in [7, 11) is -2.15. The molecule has 0 radical (unpaired) electrons. The van der Waals surface area contributed by atoms with Crippen LogP contribution in [-0.2, 0) is 18.8 Å². The number of carbonyl (C=O) groups excluding carboxylic acids is 1. The third-order valence-electron chi connectivity index (χ3n) is 5.57. The van der Waals surface area contributed by atoms with Crippen molar-refractivity contribution in [1.82, 2.24) is 0 Å². The van der Waals surface area contributed by atoms with Gasteiger partial charge in [-0.05, 0) is 29.3 Å². The van der Waals surface area contributed by atoms with Crippen LogP contribution in [-0.4, -0.2) is 25.4 Å². The van der Waals surface area contributed by atoms with Gasteiger partial charge in [-0.3, -0.25) is 9.59 Å². The maximum Gasteiger partial charge on any atom is 0.309 e. The number of carboxylic acid groups (broad SMARTS) is 1. The summed E-state index contributed by atoms with van der Waals surface area (Å²) in [6, 6.07) is 18.6. The van der Waals surface area contributed by atoms with Crippen molar-refractivity contribution >= 4 is 20.3 Å². The van der Waals surface area contributed by atoms with Crippen LogP contribution in [0.25, 0.3) is 0 Å². The maximum atomic E-state index is 12.8. The van der Waals surface area contributed by atoms with Crippen molar-refractivity contribution in [3.8, 4) is 0 Å². The van der Waals surface area contributed by atoms with Gasteiger partial charge in [0.15, 0.2) is 8.32 Å². The van der Waals surface area contributed by atoms with Crippen molar-refractivity contribution in [2.24, 2.45) is 0 Å². The lowest BCUT2D eigenvalue weighted by molar-refractivity contribution is -0.155. The summed E-state index contributed by atoms with van der Waals surface area (Å²) in [5.41, 5.74) is 1.57. The average Bonchev–Trinajstić information content (AvgIpc) is 2.67. The first kappa shape index (κ1) is 23.8. The standard InChI is InChI=1S/C24H32O5Si/c1-24(2,3)30(4,5)29-21(19-14-10-7-11-15-19)17-23(27)28-20(16-22(25)26)18-12-8-6-9-13-18/h6-15,20-21H,16-17H2,1-5H3,(H,25,26)/t20-,21-/m0/s1. The Balaban J connectivity index is 2.21. The Kier molecular flexibility index (Phi) is 7.98. The number of carbonyl (C=O) groups is 2. The minimum Gasteiger partial charge on any atom is -0.481 e. The Hall–Kier alpha value is -2.44. The van der Waals surface area contributed by atoms with Gasteiger partial charge in [-0.25, -0.2) is 0 Å². The summed E-state index contributed by atoms with van der Waals surface area (Å²) in [4.78, 5) is 24.1. The fourth-order valence-corrected chi connectivity index (χ4v) is 4.12. The number of esters is 1. The zero-order valence-corrected chi connectivity index (χ0v) is 19.4. The van der Waals surface area contributed by atoms with Crippen LogP contribution in [0.2, 0.25) is 18.1 Å². The Bertz CT molecular complexity index is 828. The molecule has 0 spiro atoms. The van der Waals surface area contributed by atoms with Crippen LogP contribution in [0.1, 0.15) is 56.9 Å². The predicted molar refractivity (Wildman–Crippen MR) is 120 cm³/mol. The van der Waals surface area contributed by atoms with Gasteiger partial charge in [-0.15, -0.1) is 0 Å². The van der Waals surface area contributed by atoms with Crippen LogP contribution in [0.15, 0.2) is 60.7 Å². The van der Waals surface area contributed by atoms with E-state index in [2.05, 4.69) is 33.9 Å². The van der Waals surface area contributed by atoms with Gasteiger partial charge >= 0.3 is 11.9 Å². The molecule has 0 aliphatic carbocycles. The summed E-state index contributed by atoms with van der Waals surface area (Å²) >= 11 is 0. The van der Waals surface area contributed by atoms with Gasteiger partial charge in [0.2, 0.25) is 0 Å². The molecule has 0 unspecified atom stereocenters. The van der Waals surface area contributed by atoms with E-state index in [9.17, 15) is 14.7 Å². The third kappa shape index (κ3) is 6.81. The largest absolute Gasteiger partial charge is 0.481 e. The van der Waals surface area contributed by atoms with Crippen molar-refractivity contribution in [3.63, 3.8) is 0 Å². The lowest BCUT2D eigenvalue weighted by atomic mass is 10.1. The van der Waals surface area contributed by atoms with Crippen molar-refractivity contribution < 1.29 is 23.9 Å². The molecule has 6 heteroatoms. The highest BCUT2D eigenvalue weighted by atomic mass is 28.4. The SMILES string of the molecule is CC(C)(C)[Si](C)(C)O[C@@H](CC(=O)O[C@@H](CC(=O)O)c1ccccc1)c1ccccc1. The smallest absolute Gasteiger partial charge is 0.309 e. The second-order valence-corrected chi connectivity index (χ2v) is 13.7. The van der Waals surface area contributed by atoms with Crippen molar-refractivity contribution in [1.29, 1.82) is 0 Å². The summed E-state index contributed by atoms with van der Waals surface area (Å²) in [5.74, 6) is -1.49. The van der Waals surface area contributed by atoms with E-state index < -0.39 is 32.5 Å². The minimum atomic E-state index is -2.15. The summed E-state index contributed by atoms with van der Waals surface area (Å²) in [6.45, 7) is 10.7. The highest BCUT2D eigenvalue weighted by Gasteiger charge is 2.40. The molecule has 2 rings (SSSR count). The number of carboxylic acids is 1. The molecule has 30 heavy (non-hydrogen) atoms. The molecule has 1 N–H and O–H groups in total. The Morgan fingerprint density at radius 1 is 0.867 bits per heavy atom. The first-order chi connectivity index (χ1) is 14.0. The minimum absolute atomic E-state index is 0.0141. The highest BCUT2D eigenvalue weighted by Crippen LogP contribution is 2.40. The molecular weight excluding hydrogens is 396 g/mol. The van der Waals surface area contributed by atoms with Crippen LogP contribution >= 0.6 is 0 Å². The highest BCUT2D eigenvalue weighted by molar-refractivity contribution is 6.74. The van der Waals surface area contributed by atoms with Crippen LogP contribution in [0.3, 0.4) is 0 Å². The maximum absolute atomic E-state index is 12.8. The van der Waals surface area contributed by atoms with Gasteiger partial charge < -0.3 is 14.3 Å². The predicted octanol–water partition coefficient (Wildman–Crippen LogP) is 5.90. The molecule has 0 amide bonds. The second kappa shape index (κ2) is 10.0. The second-order valence-electron chi connectivity index (χ2n) is 8.97. The Labute approximate surface area is 180 Å².